The molecular weight excluding hydrogens is 276 g/mol. The van der Waals surface area contributed by atoms with E-state index < -0.39 is 0 Å². The summed E-state index contributed by atoms with van der Waals surface area (Å²) < 4.78 is 1.22. The summed E-state index contributed by atoms with van der Waals surface area (Å²) in [5.74, 6) is 0. The van der Waals surface area contributed by atoms with Crippen LogP contribution in [0.1, 0.15) is 37.1 Å². The molecule has 0 aliphatic heterocycles. The minimum Gasteiger partial charge on any atom is -0.330 e. The highest BCUT2D eigenvalue weighted by molar-refractivity contribution is 7.18. The molecule has 0 amide bonds. The van der Waals surface area contributed by atoms with Crippen molar-refractivity contribution in [2.75, 3.05) is 6.54 Å². The largest absolute Gasteiger partial charge is 0.330 e. The number of thiazole rings is 1. The van der Waals surface area contributed by atoms with Gasteiger partial charge in [-0.25, -0.2) is 4.98 Å². The van der Waals surface area contributed by atoms with E-state index in [4.69, 9.17) is 22.3 Å². The lowest BCUT2D eigenvalue weighted by Crippen LogP contribution is -2.34. The number of nitrogens with zero attached hydrogens (tertiary/aromatic N) is 1. The van der Waals surface area contributed by atoms with E-state index >= 15 is 0 Å². The van der Waals surface area contributed by atoms with Gasteiger partial charge in [0, 0.05) is 11.4 Å². The van der Waals surface area contributed by atoms with Crippen molar-refractivity contribution in [2.24, 2.45) is 11.1 Å². The molecule has 19 heavy (non-hydrogen) atoms. The Bertz CT molecular complexity index is 573. The molecule has 1 aliphatic carbocycles. The number of fused-ring (bicyclic) bond motifs is 1. The van der Waals surface area contributed by atoms with Gasteiger partial charge in [-0.05, 0) is 43.0 Å². The molecule has 2 nitrogen and oxygen atoms in total. The van der Waals surface area contributed by atoms with Gasteiger partial charge in [-0.2, -0.15) is 0 Å². The van der Waals surface area contributed by atoms with Gasteiger partial charge in [0.25, 0.3) is 0 Å². The Morgan fingerprint density at radius 1 is 1.26 bits per heavy atom. The van der Waals surface area contributed by atoms with Crippen molar-refractivity contribution in [1.82, 2.24) is 4.98 Å². The second-order valence-electron chi connectivity index (χ2n) is 5.66. The molecule has 1 saturated carbocycles. The highest BCUT2D eigenvalue weighted by Gasteiger charge is 2.31. The lowest BCUT2D eigenvalue weighted by molar-refractivity contribution is 0.197. The Balaban J connectivity index is 1.87. The maximum atomic E-state index is 6.06. The zero-order valence-electron chi connectivity index (χ0n) is 11.0. The third kappa shape index (κ3) is 2.78. The van der Waals surface area contributed by atoms with Crippen molar-refractivity contribution in [2.45, 2.75) is 38.5 Å². The van der Waals surface area contributed by atoms with Crippen LogP contribution in [-0.2, 0) is 6.42 Å². The summed E-state index contributed by atoms with van der Waals surface area (Å²) in [6.45, 7) is 0.781. The third-order valence-corrected chi connectivity index (χ3v) is 5.54. The average molecular weight is 295 g/mol. The maximum Gasteiger partial charge on any atom is 0.0944 e. The molecule has 0 atom stereocenters. The zero-order valence-corrected chi connectivity index (χ0v) is 12.6. The third-order valence-electron chi connectivity index (χ3n) is 4.27. The number of rotatable bonds is 3. The predicted molar refractivity (Wildman–Crippen MR) is 82.9 cm³/mol. The normalized spacial score (nSPS) is 18.8. The molecule has 1 fully saturated rings. The van der Waals surface area contributed by atoms with Crippen molar-refractivity contribution < 1.29 is 0 Å². The van der Waals surface area contributed by atoms with Crippen molar-refractivity contribution in [1.29, 1.82) is 0 Å². The first-order valence-corrected chi connectivity index (χ1v) is 8.15. The molecule has 1 aliphatic rings. The van der Waals surface area contributed by atoms with Gasteiger partial charge in [0.05, 0.1) is 15.2 Å². The van der Waals surface area contributed by atoms with E-state index in [1.165, 1.54) is 41.8 Å². The van der Waals surface area contributed by atoms with Crippen LogP contribution in [0.5, 0.6) is 0 Å². The van der Waals surface area contributed by atoms with Crippen LogP contribution in [0.15, 0.2) is 18.2 Å². The summed E-state index contributed by atoms with van der Waals surface area (Å²) in [5.41, 5.74) is 7.37. The van der Waals surface area contributed by atoms with E-state index in [0.717, 1.165) is 23.5 Å². The zero-order chi connectivity index (χ0) is 13.3. The van der Waals surface area contributed by atoms with Gasteiger partial charge >= 0.3 is 0 Å². The first-order chi connectivity index (χ1) is 9.21. The van der Waals surface area contributed by atoms with Crippen LogP contribution in [0, 0.1) is 5.41 Å². The molecule has 3 rings (SSSR count). The van der Waals surface area contributed by atoms with Crippen LogP contribution < -0.4 is 5.73 Å². The number of benzene rings is 1. The molecule has 0 radical (unpaired) electrons. The second kappa shape index (κ2) is 5.39. The lowest BCUT2D eigenvalue weighted by atomic mass is 9.72. The fourth-order valence-corrected chi connectivity index (χ4v) is 4.39. The van der Waals surface area contributed by atoms with Crippen molar-refractivity contribution in [3.63, 3.8) is 0 Å². The highest BCUT2D eigenvalue weighted by Crippen LogP contribution is 2.39. The Morgan fingerprint density at radius 3 is 2.79 bits per heavy atom. The molecule has 2 aromatic rings. The van der Waals surface area contributed by atoms with Crippen LogP contribution in [0.4, 0.5) is 0 Å². The standard InChI is InChI=1S/C15H19ClN2S/c16-11-4-5-13-12(8-11)18-14(19-13)9-15(10-17)6-2-1-3-7-15/h4-5,8H,1-3,6-7,9-10,17H2. The van der Waals surface area contributed by atoms with Gasteiger partial charge in [0.15, 0.2) is 0 Å². The number of nitrogens with two attached hydrogens (primary N) is 1. The SMILES string of the molecule is NCC1(Cc2nc3cc(Cl)ccc3s2)CCCCC1. The highest BCUT2D eigenvalue weighted by atomic mass is 35.5. The van der Waals surface area contributed by atoms with Crippen molar-refractivity contribution in [3.8, 4) is 0 Å². The monoisotopic (exact) mass is 294 g/mol. The van der Waals surface area contributed by atoms with Crippen LogP contribution in [0.2, 0.25) is 5.02 Å². The van der Waals surface area contributed by atoms with Gasteiger partial charge in [0.2, 0.25) is 0 Å². The minimum atomic E-state index is 0.288. The Kier molecular flexibility index (Phi) is 3.79. The lowest BCUT2D eigenvalue weighted by Gasteiger charge is -2.35. The summed E-state index contributed by atoms with van der Waals surface area (Å²) in [7, 11) is 0. The van der Waals surface area contributed by atoms with Gasteiger partial charge in [-0.1, -0.05) is 30.9 Å². The Labute approximate surface area is 123 Å². The summed E-state index contributed by atoms with van der Waals surface area (Å²) in [5, 5.41) is 1.97. The molecule has 2 N–H and O–H groups in total. The smallest absolute Gasteiger partial charge is 0.0944 e. The summed E-state index contributed by atoms with van der Waals surface area (Å²) in [6, 6.07) is 5.95. The second-order valence-corrected chi connectivity index (χ2v) is 7.21. The van der Waals surface area contributed by atoms with Gasteiger partial charge < -0.3 is 5.73 Å². The minimum absolute atomic E-state index is 0.288. The fourth-order valence-electron chi connectivity index (χ4n) is 3.10. The number of halogens is 1. The number of hydrogen-bond donors (Lipinski definition) is 1. The molecule has 0 bridgehead atoms. The molecule has 0 saturated heterocycles. The van der Waals surface area contributed by atoms with Crippen LogP contribution in [0.25, 0.3) is 10.2 Å². The molecule has 0 unspecified atom stereocenters. The Morgan fingerprint density at radius 2 is 2.05 bits per heavy atom. The fraction of sp³-hybridized carbons (Fsp3) is 0.533. The van der Waals surface area contributed by atoms with Crippen LogP contribution in [0.3, 0.4) is 0 Å². The van der Waals surface area contributed by atoms with Crippen molar-refractivity contribution >= 4 is 33.2 Å². The van der Waals surface area contributed by atoms with Gasteiger partial charge in [-0.3, -0.25) is 0 Å². The van der Waals surface area contributed by atoms with Gasteiger partial charge in [-0.15, -0.1) is 11.3 Å². The summed E-state index contributed by atoms with van der Waals surface area (Å²) in [6.07, 6.45) is 7.51. The molecule has 102 valence electrons. The van der Waals surface area contributed by atoms with E-state index in [2.05, 4.69) is 6.07 Å². The summed E-state index contributed by atoms with van der Waals surface area (Å²) in [4.78, 5) is 4.74. The molecular formula is C15H19ClN2S. The molecule has 4 heteroatoms. The number of hydrogen-bond acceptors (Lipinski definition) is 3. The van der Waals surface area contributed by atoms with Crippen LogP contribution in [-0.4, -0.2) is 11.5 Å². The first-order valence-electron chi connectivity index (χ1n) is 6.96. The number of aromatic nitrogens is 1. The van der Waals surface area contributed by atoms with E-state index in [9.17, 15) is 0 Å². The summed E-state index contributed by atoms with van der Waals surface area (Å²) >= 11 is 7.81. The van der Waals surface area contributed by atoms with E-state index in [1.807, 2.05) is 12.1 Å². The molecule has 1 aromatic heterocycles. The van der Waals surface area contributed by atoms with E-state index in [0.29, 0.717) is 0 Å². The first kappa shape index (κ1) is 13.3. The average Bonchev–Trinajstić information content (AvgIpc) is 2.81. The molecule has 1 heterocycles. The van der Waals surface area contributed by atoms with Gasteiger partial charge in [0.1, 0.15) is 0 Å². The van der Waals surface area contributed by atoms with E-state index in [1.54, 1.807) is 11.3 Å². The van der Waals surface area contributed by atoms with E-state index in [-0.39, 0.29) is 5.41 Å². The maximum absolute atomic E-state index is 6.06. The molecule has 0 spiro atoms. The predicted octanol–water partition coefficient (Wildman–Crippen LogP) is 4.40. The topological polar surface area (TPSA) is 38.9 Å². The quantitative estimate of drug-likeness (QED) is 0.911. The Hall–Kier alpha value is -0.640. The molecule has 1 aromatic carbocycles. The van der Waals surface area contributed by atoms with Crippen molar-refractivity contribution in [3.05, 3.63) is 28.2 Å². The van der Waals surface area contributed by atoms with Crippen LogP contribution >= 0.6 is 22.9 Å².